The van der Waals surface area contributed by atoms with E-state index in [9.17, 15) is 4.79 Å². The molecule has 0 atom stereocenters. The molecule has 0 fully saturated rings. The largest absolute Gasteiger partial charge is 0.483 e. The topological polar surface area (TPSA) is 50.7 Å². The van der Waals surface area contributed by atoms with Crippen molar-refractivity contribution in [3.05, 3.63) is 88.4 Å². The van der Waals surface area contributed by atoms with Gasteiger partial charge in [-0.1, -0.05) is 74.5 Å². The molecule has 0 aromatic heterocycles. The van der Waals surface area contributed by atoms with Crippen LogP contribution >= 0.6 is 15.9 Å². The van der Waals surface area contributed by atoms with Crippen LogP contribution in [0.3, 0.4) is 0 Å². The summed E-state index contributed by atoms with van der Waals surface area (Å²) in [5, 5.41) is 4.00. The number of hydrazone groups is 1. The zero-order chi connectivity index (χ0) is 20.6. The van der Waals surface area contributed by atoms with Crippen LogP contribution in [-0.4, -0.2) is 18.7 Å². The Bertz CT molecular complexity index is 984. The van der Waals surface area contributed by atoms with E-state index in [1.165, 1.54) is 5.56 Å². The van der Waals surface area contributed by atoms with Gasteiger partial charge in [0, 0.05) is 0 Å². The molecule has 0 heterocycles. The maximum atomic E-state index is 12.0. The summed E-state index contributed by atoms with van der Waals surface area (Å²) in [5.74, 6) is 0.742. The first kappa shape index (κ1) is 20.8. The Morgan fingerprint density at radius 3 is 2.38 bits per heavy atom. The molecular formula is C24H23BrN2O2. The van der Waals surface area contributed by atoms with Crippen molar-refractivity contribution in [2.24, 2.45) is 5.10 Å². The predicted octanol–water partition coefficient (Wildman–Crippen LogP) is 5.77. The Morgan fingerprint density at radius 1 is 1.03 bits per heavy atom. The molecule has 3 aromatic carbocycles. The third-order valence-corrected chi connectivity index (χ3v) is 5.02. The standard InChI is InChI=1S/C24H23BrN2O2/c1-17(2)21-12-13-23(22(25)14-21)29-16-24(28)27-26-15-18-8-10-20(11-9-18)19-6-4-3-5-7-19/h3-15,17H,16H2,1-2H3,(H,27,28). The van der Waals surface area contributed by atoms with Crippen molar-refractivity contribution in [3.63, 3.8) is 0 Å². The summed E-state index contributed by atoms with van der Waals surface area (Å²) in [7, 11) is 0. The van der Waals surface area contributed by atoms with E-state index in [0.29, 0.717) is 11.7 Å². The van der Waals surface area contributed by atoms with Crippen molar-refractivity contribution in [1.82, 2.24) is 5.43 Å². The monoisotopic (exact) mass is 450 g/mol. The van der Waals surface area contributed by atoms with Gasteiger partial charge < -0.3 is 4.74 Å². The van der Waals surface area contributed by atoms with Crippen LogP contribution in [0.1, 0.15) is 30.9 Å². The lowest BCUT2D eigenvalue weighted by Gasteiger charge is -2.10. The van der Waals surface area contributed by atoms with Crippen molar-refractivity contribution in [3.8, 4) is 16.9 Å². The van der Waals surface area contributed by atoms with Crippen LogP contribution in [0, 0.1) is 0 Å². The number of rotatable bonds is 7. The summed E-state index contributed by atoms with van der Waals surface area (Å²) in [4.78, 5) is 12.0. The van der Waals surface area contributed by atoms with Gasteiger partial charge in [-0.15, -0.1) is 0 Å². The fourth-order valence-electron chi connectivity index (χ4n) is 2.74. The zero-order valence-electron chi connectivity index (χ0n) is 16.4. The van der Waals surface area contributed by atoms with Crippen molar-refractivity contribution in [2.75, 3.05) is 6.61 Å². The minimum atomic E-state index is -0.318. The lowest BCUT2D eigenvalue weighted by molar-refractivity contribution is -0.123. The fraction of sp³-hybridized carbons (Fsp3) is 0.167. The lowest BCUT2D eigenvalue weighted by Crippen LogP contribution is -2.24. The number of halogens is 1. The molecule has 4 nitrogen and oxygen atoms in total. The Balaban J connectivity index is 1.50. The average Bonchev–Trinajstić information content (AvgIpc) is 2.74. The third-order valence-electron chi connectivity index (χ3n) is 4.40. The smallest absolute Gasteiger partial charge is 0.277 e. The van der Waals surface area contributed by atoms with Crippen molar-refractivity contribution >= 4 is 28.1 Å². The van der Waals surface area contributed by atoms with Gasteiger partial charge in [0.25, 0.3) is 5.91 Å². The fourth-order valence-corrected chi connectivity index (χ4v) is 3.25. The number of carbonyl (C=O) groups excluding carboxylic acids is 1. The van der Waals surface area contributed by atoms with Gasteiger partial charge in [0.05, 0.1) is 10.7 Å². The first-order valence-corrected chi connectivity index (χ1v) is 10.2. The van der Waals surface area contributed by atoms with Gasteiger partial charge in [-0.2, -0.15) is 5.10 Å². The number of hydrogen-bond donors (Lipinski definition) is 1. The Morgan fingerprint density at radius 2 is 1.72 bits per heavy atom. The van der Waals surface area contributed by atoms with E-state index in [1.807, 2.05) is 60.7 Å². The van der Waals surface area contributed by atoms with E-state index in [2.05, 4.69) is 52.4 Å². The summed E-state index contributed by atoms with van der Waals surface area (Å²) in [6.07, 6.45) is 1.61. The van der Waals surface area contributed by atoms with E-state index >= 15 is 0 Å². The number of hydrogen-bond acceptors (Lipinski definition) is 3. The molecule has 0 aliphatic carbocycles. The minimum absolute atomic E-state index is 0.107. The van der Waals surface area contributed by atoms with Gasteiger partial charge in [0.15, 0.2) is 6.61 Å². The molecular weight excluding hydrogens is 428 g/mol. The predicted molar refractivity (Wildman–Crippen MR) is 121 cm³/mol. The minimum Gasteiger partial charge on any atom is -0.483 e. The van der Waals surface area contributed by atoms with E-state index < -0.39 is 0 Å². The third kappa shape index (κ3) is 6.03. The summed E-state index contributed by atoms with van der Waals surface area (Å²) >= 11 is 3.49. The molecule has 29 heavy (non-hydrogen) atoms. The molecule has 0 saturated carbocycles. The first-order valence-electron chi connectivity index (χ1n) is 9.42. The molecule has 0 spiro atoms. The Kier molecular flexibility index (Phi) is 7.19. The summed E-state index contributed by atoms with van der Waals surface area (Å²) in [6.45, 7) is 4.15. The van der Waals surface area contributed by atoms with Gasteiger partial charge in [0.1, 0.15) is 5.75 Å². The molecule has 1 amide bonds. The second-order valence-electron chi connectivity index (χ2n) is 6.91. The molecule has 0 aliphatic heterocycles. The number of carbonyl (C=O) groups is 1. The van der Waals surface area contributed by atoms with Crippen LogP contribution in [0.5, 0.6) is 5.75 Å². The highest BCUT2D eigenvalue weighted by atomic mass is 79.9. The van der Waals surface area contributed by atoms with Gasteiger partial charge in [-0.3, -0.25) is 4.79 Å². The summed E-state index contributed by atoms with van der Waals surface area (Å²) in [5.41, 5.74) is 6.89. The van der Waals surface area contributed by atoms with Crippen molar-refractivity contribution in [1.29, 1.82) is 0 Å². The van der Waals surface area contributed by atoms with Crippen LogP contribution in [0.4, 0.5) is 0 Å². The highest BCUT2D eigenvalue weighted by molar-refractivity contribution is 9.10. The summed E-state index contributed by atoms with van der Waals surface area (Å²) < 4.78 is 6.40. The average molecular weight is 451 g/mol. The number of benzene rings is 3. The van der Waals surface area contributed by atoms with Crippen molar-refractivity contribution in [2.45, 2.75) is 19.8 Å². The van der Waals surface area contributed by atoms with E-state index in [1.54, 1.807) is 6.21 Å². The number of nitrogens with one attached hydrogen (secondary N) is 1. The quantitative estimate of drug-likeness (QED) is 0.366. The van der Waals surface area contributed by atoms with Crippen LogP contribution in [0.2, 0.25) is 0 Å². The molecule has 5 heteroatoms. The number of amides is 1. The number of ether oxygens (including phenoxy) is 1. The lowest BCUT2D eigenvalue weighted by atomic mass is 10.0. The van der Waals surface area contributed by atoms with Crippen LogP contribution in [0.25, 0.3) is 11.1 Å². The highest BCUT2D eigenvalue weighted by Gasteiger charge is 2.07. The van der Waals surface area contributed by atoms with Gasteiger partial charge in [-0.05, 0) is 56.2 Å². The Hall–Kier alpha value is -2.92. The first-order chi connectivity index (χ1) is 14.0. The molecule has 0 bridgehead atoms. The molecule has 0 aliphatic rings. The van der Waals surface area contributed by atoms with Crippen LogP contribution < -0.4 is 10.2 Å². The second kappa shape index (κ2) is 10.0. The van der Waals surface area contributed by atoms with Crippen molar-refractivity contribution < 1.29 is 9.53 Å². The Labute approximate surface area is 179 Å². The molecule has 0 unspecified atom stereocenters. The van der Waals surface area contributed by atoms with E-state index in [4.69, 9.17) is 4.74 Å². The zero-order valence-corrected chi connectivity index (χ0v) is 18.0. The van der Waals surface area contributed by atoms with Gasteiger partial charge in [0.2, 0.25) is 0 Å². The maximum Gasteiger partial charge on any atom is 0.277 e. The molecule has 148 valence electrons. The molecule has 0 radical (unpaired) electrons. The van der Waals surface area contributed by atoms with E-state index in [0.717, 1.165) is 21.2 Å². The SMILES string of the molecule is CC(C)c1ccc(OCC(=O)NN=Cc2ccc(-c3ccccc3)cc2)c(Br)c1. The second-order valence-corrected chi connectivity index (χ2v) is 7.77. The molecule has 3 rings (SSSR count). The van der Waals surface area contributed by atoms with Gasteiger partial charge >= 0.3 is 0 Å². The molecule has 0 saturated heterocycles. The highest BCUT2D eigenvalue weighted by Crippen LogP contribution is 2.28. The van der Waals surface area contributed by atoms with E-state index in [-0.39, 0.29) is 12.5 Å². The maximum absolute atomic E-state index is 12.0. The number of nitrogens with zero attached hydrogens (tertiary/aromatic N) is 1. The molecule has 3 aromatic rings. The summed E-state index contributed by atoms with van der Waals surface area (Å²) in [6, 6.07) is 24.0. The van der Waals surface area contributed by atoms with Gasteiger partial charge in [-0.25, -0.2) is 5.43 Å². The van der Waals surface area contributed by atoms with Crippen LogP contribution in [-0.2, 0) is 4.79 Å². The molecule has 1 N–H and O–H groups in total. The normalized spacial score (nSPS) is 11.0. The van der Waals surface area contributed by atoms with Crippen LogP contribution in [0.15, 0.2) is 82.4 Å².